The standard InChI is InChI=1S/C18H20N2O3/c1-12-8-9-13(2)17(10-12)23-11-18(22)20-19-14(3)15-6-4-5-7-16(15)21/h4-10,21H,11H2,1-3H3,(H,20,22). The van der Waals surface area contributed by atoms with Gasteiger partial charge in [0.25, 0.3) is 5.91 Å². The number of rotatable bonds is 5. The Bertz CT molecular complexity index is 739. The minimum atomic E-state index is -0.360. The van der Waals surface area contributed by atoms with Crippen LogP contribution in [-0.4, -0.2) is 23.3 Å². The summed E-state index contributed by atoms with van der Waals surface area (Å²) in [5.41, 5.74) is 5.55. The number of aromatic hydroxyl groups is 1. The van der Waals surface area contributed by atoms with E-state index in [1.165, 1.54) is 0 Å². The van der Waals surface area contributed by atoms with Gasteiger partial charge in [0.1, 0.15) is 11.5 Å². The van der Waals surface area contributed by atoms with E-state index < -0.39 is 0 Å². The van der Waals surface area contributed by atoms with Gasteiger partial charge in [0.05, 0.1) is 5.71 Å². The molecule has 2 aromatic carbocycles. The summed E-state index contributed by atoms with van der Waals surface area (Å²) in [5, 5.41) is 13.7. The second-order valence-corrected chi connectivity index (χ2v) is 5.31. The van der Waals surface area contributed by atoms with E-state index in [0.717, 1.165) is 11.1 Å². The summed E-state index contributed by atoms with van der Waals surface area (Å²) in [4.78, 5) is 11.8. The third-order valence-corrected chi connectivity index (χ3v) is 3.34. The molecule has 5 heteroatoms. The average molecular weight is 312 g/mol. The number of amides is 1. The number of para-hydroxylation sites is 1. The number of hydrazone groups is 1. The van der Waals surface area contributed by atoms with E-state index in [2.05, 4.69) is 10.5 Å². The number of carbonyl (C=O) groups excluding carboxylic acids is 1. The molecule has 0 bridgehead atoms. The second-order valence-electron chi connectivity index (χ2n) is 5.31. The maximum Gasteiger partial charge on any atom is 0.277 e. The Morgan fingerprint density at radius 3 is 2.70 bits per heavy atom. The van der Waals surface area contributed by atoms with Crippen LogP contribution in [0.25, 0.3) is 0 Å². The van der Waals surface area contributed by atoms with E-state index in [0.29, 0.717) is 17.0 Å². The fourth-order valence-corrected chi connectivity index (χ4v) is 2.02. The van der Waals surface area contributed by atoms with E-state index >= 15 is 0 Å². The summed E-state index contributed by atoms with van der Waals surface area (Å²) in [7, 11) is 0. The van der Waals surface area contributed by atoms with E-state index in [1.54, 1.807) is 31.2 Å². The van der Waals surface area contributed by atoms with Crippen molar-refractivity contribution in [1.82, 2.24) is 5.43 Å². The van der Waals surface area contributed by atoms with Crippen molar-refractivity contribution in [2.45, 2.75) is 20.8 Å². The molecule has 120 valence electrons. The van der Waals surface area contributed by atoms with Gasteiger partial charge >= 0.3 is 0 Å². The van der Waals surface area contributed by atoms with E-state index in [9.17, 15) is 9.90 Å². The first-order chi connectivity index (χ1) is 11.0. The Kier molecular flexibility index (Phi) is 5.36. The van der Waals surface area contributed by atoms with Crippen molar-refractivity contribution < 1.29 is 14.6 Å². The number of phenols is 1. The van der Waals surface area contributed by atoms with Crippen LogP contribution in [0.2, 0.25) is 0 Å². The lowest BCUT2D eigenvalue weighted by molar-refractivity contribution is -0.123. The molecule has 1 amide bonds. The van der Waals surface area contributed by atoms with Crippen LogP contribution < -0.4 is 10.2 Å². The Morgan fingerprint density at radius 2 is 1.96 bits per heavy atom. The highest BCUT2D eigenvalue weighted by Gasteiger charge is 2.07. The molecular formula is C18H20N2O3. The van der Waals surface area contributed by atoms with Crippen LogP contribution in [0.5, 0.6) is 11.5 Å². The van der Waals surface area contributed by atoms with Crippen molar-refractivity contribution in [3.05, 3.63) is 59.2 Å². The van der Waals surface area contributed by atoms with Gasteiger partial charge in [-0.25, -0.2) is 5.43 Å². The maximum absolute atomic E-state index is 11.8. The Labute approximate surface area is 135 Å². The highest BCUT2D eigenvalue weighted by atomic mass is 16.5. The molecule has 2 N–H and O–H groups in total. The highest BCUT2D eigenvalue weighted by Crippen LogP contribution is 2.19. The first-order valence-corrected chi connectivity index (χ1v) is 7.29. The minimum Gasteiger partial charge on any atom is -0.507 e. The van der Waals surface area contributed by atoms with Crippen molar-refractivity contribution in [1.29, 1.82) is 0 Å². The van der Waals surface area contributed by atoms with Gasteiger partial charge in [-0.2, -0.15) is 5.10 Å². The molecule has 0 aliphatic rings. The van der Waals surface area contributed by atoms with Crippen LogP contribution in [0.1, 0.15) is 23.6 Å². The summed E-state index contributed by atoms with van der Waals surface area (Å²) in [6.07, 6.45) is 0. The maximum atomic E-state index is 11.8. The number of nitrogens with one attached hydrogen (secondary N) is 1. The number of phenolic OH excluding ortho intramolecular Hbond substituents is 1. The minimum absolute atomic E-state index is 0.120. The first kappa shape index (κ1) is 16.5. The average Bonchev–Trinajstić information content (AvgIpc) is 2.54. The Hall–Kier alpha value is -2.82. The number of hydrogen-bond donors (Lipinski definition) is 2. The Morgan fingerprint density at radius 1 is 1.22 bits per heavy atom. The van der Waals surface area contributed by atoms with Gasteiger partial charge in [-0.05, 0) is 50.1 Å². The molecule has 5 nitrogen and oxygen atoms in total. The molecule has 0 heterocycles. The van der Waals surface area contributed by atoms with Crippen molar-refractivity contribution in [3.8, 4) is 11.5 Å². The fourth-order valence-electron chi connectivity index (χ4n) is 2.02. The number of aryl methyl sites for hydroxylation is 2. The van der Waals surface area contributed by atoms with Crippen molar-refractivity contribution in [2.24, 2.45) is 5.10 Å². The summed E-state index contributed by atoms with van der Waals surface area (Å²) in [6, 6.07) is 12.6. The number of carbonyl (C=O) groups is 1. The summed E-state index contributed by atoms with van der Waals surface area (Å²) < 4.78 is 5.51. The molecule has 0 unspecified atom stereocenters. The van der Waals surface area contributed by atoms with Gasteiger partial charge < -0.3 is 9.84 Å². The van der Waals surface area contributed by atoms with Crippen molar-refractivity contribution in [2.75, 3.05) is 6.61 Å². The van der Waals surface area contributed by atoms with Crippen LogP contribution in [-0.2, 0) is 4.79 Å². The predicted molar refractivity (Wildman–Crippen MR) is 89.9 cm³/mol. The fraction of sp³-hybridized carbons (Fsp3) is 0.222. The molecule has 0 aliphatic carbocycles. The van der Waals surface area contributed by atoms with Gasteiger partial charge in [-0.3, -0.25) is 4.79 Å². The summed E-state index contributed by atoms with van der Waals surface area (Å²) in [6.45, 7) is 5.47. The van der Waals surface area contributed by atoms with Gasteiger partial charge in [0.2, 0.25) is 0 Å². The molecule has 0 saturated carbocycles. The lowest BCUT2D eigenvalue weighted by Gasteiger charge is -2.09. The predicted octanol–water partition coefficient (Wildman–Crippen LogP) is 2.93. The molecule has 0 atom stereocenters. The number of hydrogen-bond acceptors (Lipinski definition) is 4. The van der Waals surface area contributed by atoms with Gasteiger partial charge in [-0.15, -0.1) is 0 Å². The molecule has 0 radical (unpaired) electrons. The molecule has 23 heavy (non-hydrogen) atoms. The van der Waals surface area contributed by atoms with Crippen molar-refractivity contribution >= 4 is 11.6 Å². The second kappa shape index (κ2) is 7.45. The quantitative estimate of drug-likeness (QED) is 0.659. The Balaban J connectivity index is 1.94. The van der Waals surface area contributed by atoms with Crippen LogP contribution in [0, 0.1) is 13.8 Å². The zero-order valence-corrected chi connectivity index (χ0v) is 13.5. The lowest BCUT2D eigenvalue weighted by Crippen LogP contribution is -2.25. The zero-order valence-electron chi connectivity index (χ0n) is 13.5. The third-order valence-electron chi connectivity index (χ3n) is 3.34. The molecule has 2 rings (SSSR count). The molecule has 0 aromatic heterocycles. The monoisotopic (exact) mass is 312 g/mol. The molecule has 0 fully saturated rings. The summed E-state index contributed by atoms with van der Waals surface area (Å²) >= 11 is 0. The zero-order chi connectivity index (χ0) is 16.8. The highest BCUT2D eigenvalue weighted by molar-refractivity contribution is 6.01. The lowest BCUT2D eigenvalue weighted by atomic mass is 10.1. The SMILES string of the molecule is CC(=NNC(=O)COc1cc(C)ccc1C)c1ccccc1O. The number of ether oxygens (including phenoxy) is 1. The topological polar surface area (TPSA) is 70.9 Å². The molecule has 2 aromatic rings. The van der Waals surface area contributed by atoms with Gasteiger partial charge in [0.15, 0.2) is 6.61 Å². The molecule has 0 saturated heterocycles. The largest absolute Gasteiger partial charge is 0.507 e. The van der Waals surface area contributed by atoms with Crippen LogP contribution in [0.4, 0.5) is 0 Å². The van der Waals surface area contributed by atoms with Crippen LogP contribution in [0.15, 0.2) is 47.6 Å². The molecular weight excluding hydrogens is 292 g/mol. The normalized spacial score (nSPS) is 11.2. The van der Waals surface area contributed by atoms with Gasteiger partial charge in [0, 0.05) is 5.56 Å². The summed E-state index contributed by atoms with van der Waals surface area (Å²) in [5.74, 6) is 0.442. The number of nitrogens with zero attached hydrogens (tertiary/aromatic N) is 1. The van der Waals surface area contributed by atoms with E-state index in [4.69, 9.17) is 4.74 Å². The number of benzene rings is 2. The van der Waals surface area contributed by atoms with Crippen LogP contribution in [0.3, 0.4) is 0 Å². The van der Waals surface area contributed by atoms with Crippen LogP contribution >= 0.6 is 0 Å². The third kappa shape index (κ3) is 4.57. The van der Waals surface area contributed by atoms with E-state index in [1.807, 2.05) is 32.0 Å². The molecule has 0 aliphatic heterocycles. The smallest absolute Gasteiger partial charge is 0.277 e. The first-order valence-electron chi connectivity index (χ1n) is 7.29. The van der Waals surface area contributed by atoms with E-state index in [-0.39, 0.29) is 18.3 Å². The molecule has 0 spiro atoms. The van der Waals surface area contributed by atoms with Crippen molar-refractivity contribution in [3.63, 3.8) is 0 Å². The van der Waals surface area contributed by atoms with Gasteiger partial charge in [-0.1, -0.05) is 24.3 Å².